The predicted octanol–water partition coefficient (Wildman–Crippen LogP) is 2.53. The summed E-state index contributed by atoms with van der Waals surface area (Å²) < 4.78 is 1.92. The molecule has 0 spiro atoms. The van der Waals surface area contributed by atoms with Gasteiger partial charge < -0.3 is 5.73 Å². The molecule has 1 saturated carbocycles. The number of tetrazole rings is 1. The summed E-state index contributed by atoms with van der Waals surface area (Å²) in [4.78, 5) is 9.48. The average Bonchev–Trinajstić information content (AvgIpc) is 3.18. The lowest BCUT2D eigenvalue weighted by atomic mass is 10.3. The monoisotopic (exact) mass is 319 g/mol. The molecule has 21 heavy (non-hydrogen) atoms. The first-order valence-corrected chi connectivity index (χ1v) is 8.47. The maximum absolute atomic E-state index is 5.79. The van der Waals surface area contributed by atoms with Crippen LogP contribution in [0.2, 0.25) is 0 Å². The Morgan fingerprint density at radius 1 is 1.29 bits per heavy atom. The summed E-state index contributed by atoms with van der Waals surface area (Å²) in [6, 6.07) is 2.41. The Hall–Kier alpha value is -1.74. The van der Waals surface area contributed by atoms with Crippen LogP contribution >= 0.6 is 23.1 Å². The predicted molar refractivity (Wildman–Crippen MR) is 81.3 cm³/mol. The van der Waals surface area contributed by atoms with E-state index in [9.17, 15) is 0 Å². The number of aromatic nitrogens is 6. The zero-order valence-electron chi connectivity index (χ0n) is 11.1. The zero-order chi connectivity index (χ0) is 14.2. The first-order valence-electron chi connectivity index (χ1n) is 6.78. The van der Waals surface area contributed by atoms with Crippen LogP contribution in [0.3, 0.4) is 0 Å². The number of anilines is 1. The van der Waals surface area contributed by atoms with Crippen LogP contribution in [0.5, 0.6) is 0 Å². The number of hydrogen-bond acceptors (Lipinski definition) is 8. The van der Waals surface area contributed by atoms with Crippen LogP contribution < -0.4 is 5.73 Å². The van der Waals surface area contributed by atoms with Crippen molar-refractivity contribution in [2.24, 2.45) is 0 Å². The molecule has 4 rings (SSSR count). The van der Waals surface area contributed by atoms with Crippen molar-refractivity contribution in [2.75, 3.05) is 5.73 Å². The molecule has 0 amide bonds. The van der Waals surface area contributed by atoms with Crippen molar-refractivity contribution in [3.8, 4) is 0 Å². The number of nitrogens with zero attached hydrogens (tertiary/aromatic N) is 6. The summed E-state index contributed by atoms with van der Waals surface area (Å²) in [6.07, 6.45) is 4.75. The van der Waals surface area contributed by atoms with Crippen molar-refractivity contribution in [2.45, 2.75) is 41.9 Å². The molecule has 0 aliphatic heterocycles. The third-order valence-corrected chi connectivity index (χ3v) is 5.39. The van der Waals surface area contributed by atoms with Gasteiger partial charge in [-0.3, -0.25) is 0 Å². The topological polar surface area (TPSA) is 95.4 Å². The molecule has 108 valence electrons. The van der Waals surface area contributed by atoms with Crippen molar-refractivity contribution in [3.63, 3.8) is 0 Å². The number of rotatable bonds is 3. The Morgan fingerprint density at radius 3 is 3.00 bits per heavy atom. The second kappa shape index (κ2) is 5.23. The Bertz CT molecular complexity index is 775. The van der Waals surface area contributed by atoms with Crippen LogP contribution in [0.25, 0.3) is 10.2 Å². The van der Waals surface area contributed by atoms with Crippen LogP contribution in [-0.2, 0) is 0 Å². The van der Waals surface area contributed by atoms with Gasteiger partial charge in [0.15, 0.2) is 0 Å². The summed E-state index contributed by atoms with van der Waals surface area (Å²) in [6.45, 7) is 0. The largest absolute Gasteiger partial charge is 0.368 e. The Balaban J connectivity index is 1.72. The van der Waals surface area contributed by atoms with Gasteiger partial charge in [0.25, 0.3) is 0 Å². The van der Waals surface area contributed by atoms with E-state index in [0.29, 0.717) is 6.04 Å². The highest BCUT2D eigenvalue weighted by molar-refractivity contribution is 7.99. The molecule has 1 aliphatic carbocycles. The molecule has 0 radical (unpaired) electrons. The highest BCUT2D eigenvalue weighted by Crippen LogP contribution is 2.36. The van der Waals surface area contributed by atoms with E-state index >= 15 is 0 Å². The second-order valence-corrected chi connectivity index (χ2v) is 6.82. The minimum atomic E-state index is 0.285. The van der Waals surface area contributed by atoms with E-state index in [1.165, 1.54) is 24.6 Å². The normalized spacial score (nSPS) is 16.0. The molecule has 3 aromatic rings. The molecular weight excluding hydrogens is 306 g/mol. The maximum Gasteiger partial charge on any atom is 0.222 e. The number of thiophene rings is 1. The van der Waals surface area contributed by atoms with E-state index in [1.54, 1.807) is 11.3 Å². The molecule has 7 nitrogen and oxygen atoms in total. The molecule has 3 heterocycles. The number of nitrogens with two attached hydrogens (primary N) is 1. The first-order chi connectivity index (χ1) is 10.3. The minimum absolute atomic E-state index is 0.285. The van der Waals surface area contributed by atoms with Crippen molar-refractivity contribution in [1.82, 2.24) is 30.2 Å². The number of hydrogen-bond donors (Lipinski definition) is 1. The van der Waals surface area contributed by atoms with Gasteiger partial charge in [-0.1, -0.05) is 12.8 Å². The molecule has 1 aliphatic rings. The van der Waals surface area contributed by atoms with E-state index in [2.05, 4.69) is 25.5 Å². The summed E-state index contributed by atoms with van der Waals surface area (Å²) in [5.74, 6) is 0.285. The van der Waals surface area contributed by atoms with Crippen LogP contribution in [-0.4, -0.2) is 30.2 Å². The van der Waals surface area contributed by atoms with Crippen molar-refractivity contribution >= 4 is 39.3 Å². The van der Waals surface area contributed by atoms with E-state index in [1.807, 2.05) is 16.1 Å². The summed E-state index contributed by atoms with van der Waals surface area (Å²) in [5, 5.41) is 16.7. The van der Waals surface area contributed by atoms with Crippen molar-refractivity contribution in [3.05, 3.63) is 11.4 Å². The lowest BCUT2D eigenvalue weighted by Crippen LogP contribution is -2.08. The molecular formula is C12H13N7S2. The SMILES string of the molecule is Nc1nc(Sc2nnnn2C2CCCC2)c2ccsc2n1. The maximum atomic E-state index is 5.79. The smallest absolute Gasteiger partial charge is 0.222 e. The van der Waals surface area contributed by atoms with E-state index in [0.717, 1.165) is 33.2 Å². The molecule has 0 aromatic carbocycles. The van der Waals surface area contributed by atoms with E-state index < -0.39 is 0 Å². The molecule has 0 unspecified atom stereocenters. The fourth-order valence-electron chi connectivity index (χ4n) is 2.64. The van der Waals surface area contributed by atoms with Gasteiger partial charge in [-0.05, 0) is 46.5 Å². The standard InChI is InChI=1S/C12H13N7S2/c13-11-14-9-8(5-6-20-9)10(15-11)21-12-16-17-18-19(12)7-3-1-2-4-7/h5-7H,1-4H2,(H2,13,14,15). The molecule has 0 saturated heterocycles. The fraction of sp³-hybridized carbons (Fsp3) is 0.417. The fourth-order valence-corrected chi connectivity index (χ4v) is 4.42. The van der Waals surface area contributed by atoms with Gasteiger partial charge in [0, 0.05) is 5.39 Å². The van der Waals surface area contributed by atoms with Gasteiger partial charge in [0.05, 0.1) is 6.04 Å². The van der Waals surface area contributed by atoms with E-state index in [-0.39, 0.29) is 5.95 Å². The lowest BCUT2D eigenvalue weighted by molar-refractivity contribution is 0.423. The Labute approximate surface area is 129 Å². The van der Waals surface area contributed by atoms with Gasteiger partial charge in [0.2, 0.25) is 11.1 Å². The van der Waals surface area contributed by atoms with Crippen LogP contribution in [0.15, 0.2) is 21.6 Å². The summed E-state index contributed by atoms with van der Waals surface area (Å²) in [5.41, 5.74) is 5.79. The van der Waals surface area contributed by atoms with Gasteiger partial charge in [-0.25, -0.2) is 14.6 Å². The van der Waals surface area contributed by atoms with Crippen molar-refractivity contribution in [1.29, 1.82) is 0 Å². The molecule has 1 fully saturated rings. The quantitative estimate of drug-likeness (QED) is 0.741. The van der Waals surface area contributed by atoms with Crippen LogP contribution in [0.1, 0.15) is 31.7 Å². The first kappa shape index (κ1) is 13.0. The summed E-state index contributed by atoms with van der Waals surface area (Å²) >= 11 is 3.01. The van der Waals surface area contributed by atoms with Gasteiger partial charge in [-0.15, -0.1) is 16.4 Å². The van der Waals surface area contributed by atoms with Crippen molar-refractivity contribution < 1.29 is 0 Å². The van der Waals surface area contributed by atoms with Gasteiger partial charge in [-0.2, -0.15) is 0 Å². The molecule has 3 aromatic heterocycles. The third-order valence-electron chi connectivity index (χ3n) is 3.63. The van der Waals surface area contributed by atoms with Crippen LogP contribution in [0, 0.1) is 0 Å². The molecule has 2 N–H and O–H groups in total. The average molecular weight is 319 g/mol. The Kier molecular flexibility index (Phi) is 3.23. The highest BCUT2D eigenvalue weighted by atomic mass is 32.2. The van der Waals surface area contributed by atoms with Gasteiger partial charge in [0.1, 0.15) is 9.86 Å². The van der Waals surface area contributed by atoms with E-state index in [4.69, 9.17) is 5.73 Å². The number of nitrogen functional groups attached to an aromatic ring is 1. The Morgan fingerprint density at radius 2 is 2.14 bits per heavy atom. The highest BCUT2D eigenvalue weighted by Gasteiger charge is 2.23. The molecule has 0 atom stereocenters. The molecule has 9 heteroatoms. The molecule has 0 bridgehead atoms. The third kappa shape index (κ3) is 2.36. The number of fused-ring (bicyclic) bond motifs is 1. The minimum Gasteiger partial charge on any atom is -0.368 e. The summed E-state index contributed by atoms with van der Waals surface area (Å²) in [7, 11) is 0. The second-order valence-electron chi connectivity index (χ2n) is 4.97. The van der Waals surface area contributed by atoms with Crippen LogP contribution in [0.4, 0.5) is 5.95 Å². The zero-order valence-corrected chi connectivity index (χ0v) is 12.8. The van der Waals surface area contributed by atoms with Gasteiger partial charge >= 0.3 is 0 Å². The lowest BCUT2D eigenvalue weighted by Gasteiger charge is -2.10.